The van der Waals surface area contributed by atoms with Crippen molar-refractivity contribution < 1.29 is 4.79 Å². The molecule has 0 bridgehead atoms. The van der Waals surface area contributed by atoms with Gasteiger partial charge in [0.1, 0.15) is 0 Å². The van der Waals surface area contributed by atoms with E-state index in [1.165, 1.54) is 6.42 Å². The van der Waals surface area contributed by atoms with Crippen LogP contribution in [-0.4, -0.2) is 12.5 Å². The third-order valence-corrected chi connectivity index (χ3v) is 4.33. The minimum absolute atomic E-state index is 0.0706. The second-order valence-corrected chi connectivity index (χ2v) is 5.60. The van der Waals surface area contributed by atoms with E-state index in [1.807, 2.05) is 24.3 Å². The molecule has 0 aliphatic heterocycles. The van der Waals surface area contributed by atoms with Crippen LogP contribution in [-0.2, 0) is 11.3 Å². The standard InChI is InChI=1S/C15H21ClN2O/c16-14-8-4-2-6-12(14)10-18-15(19)13-7-3-1-5-11(13)9-17/h2,4,6,8,11,13H,1,3,5,7,9-10,17H2,(H,18,19). The Labute approximate surface area is 119 Å². The summed E-state index contributed by atoms with van der Waals surface area (Å²) < 4.78 is 0. The van der Waals surface area contributed by atoms with Gasteiger partial charge in [-0.2, -0.15) is 0 Å². The van der Waals surface area contributed by atoms with E-state index in [0.29, 0.717) is 24.0 Å². The predicted molar refractivity (Wildman–Crippen MR) is 77.8 cm³/mol. The van der Waals surface area contributed by atoms with Gasteiger partial charge in [-0.25, -0.2) is 0 Å². The molecule has 1 amide bonds. The fraction of sp³-hybridized carbons (Fsp3) is 0.533. The second kappa shape index (κ2) is 6.92. The highest BCUT2D eigenvalue weighted by atomic mass is 35.5. The third-order valence-electron chi connectivity index (χ3n) is 3.96. The molecule has 1 saturated carbocycles. The van der Waals surface area contributed by atoms with Crippen LogP contribution in [0.3, 0.4) is 0 Å². The number of nitrogens with one attached hydrogen (secondary N) is 1. The van der Waals surface area contributed by atoms with E-state index < -0.39 is 0 Å². The number of hydrogen-bond acceptors (Lipinski definition) is 2. The molecule has 0 saturated heterocycles. The summed E-state index contributed by atoms with van der Waals surface area (Å²) in [5, 5.41) is 3.69. The number of benzene rings is 1. The van der Waals surface area contributed by atoms with E-state index in [-0.39, 0.29) is 11.8 Å². The minimum Gasteiger partial charge on any atom is -0.352 e. The normalized spacial score (nSPS) is 23.1. The molecule has 2 rings (SSSR count). The van der Waals surface area contributed by atoms with Gasteiger partial charge in [-0.3, -0.25) is 4.79 Å². The van der Waals surface area contributed by atoms with E-state index >= 15 is 0 Å². The minimum atomic E-state index is 0.0706. The summed E-state index contributed by atoms with van der Waals surface area (Å²) in [6.45, 7) is 1.09. The number of halogens is 1. The van der Waals surface area contributed by atoms with E-state index in [2.05, 4.69) is 5.32 Å². The largest absolute Gasteiger partial charge is 0.352 e. The van der Waals surface area contributed by atoms with Crippen LogP contribution in [0, 0.1) is 11.8 Å². The van der Waals surface area contributed by atoms with E-state index in [4.69, 9.17) is 17.3 Å². The SMILES string of the molecule is NCC1CCCCC1C(=O)NCc1ccccc1Cl. The maximum Gasteiger partial charge on any atom is 0.223 e. The molecule has 1 aliphatic rings. The van der Waals surface area contributed by atoms with Crippen LogP contribution in [0.5, 0.6) is 0 Å². The summed E-state index contributed by atoms with van der Waals surface area (Å²) in [5.41, 5.74) is 6.72. The Hall–Kier alpha value is -1.06. The van der Waals surface area contributed by atoms with Crippen LogP contribution >= 0.6 is 11.6 Å². The molecule has 0 spiro atoms. The smallest absolute Gasteiger partial charge is 0.223 e. The second-order valence-electron chi connectivity index (χ2n) is 5.20. The summed E-state index contributed by atoms with van der Waals surface area (Å²) in [7, 11) is 0. The lowest BCUT2D eigenvalue weighted by Crippen LogP contribution is -2.39. The number of rotatable bonds is 4. The van der Waals surface area contributed by atoms with Gasteiger partial charge in [0.05, 0.1) is 0 Å². The molecule has 2 atom stereocenters. The van der Waals surface area contributed by atoms with E-state index in [1.54, 1.807) is 0 Å². The highest BCUT2D eigenvalue weighted by Crippen LogP contribution is 2.29. The van der Waals surface area contributed by atoms with Crippen molar-refractivity contribution in [1.29, 1.82) is 0 Å². The Morgan fingerprint density at radius 2 is 2.05 bits per heavy atom. The first kappa shape index (κ1) is 14.4. The summed E-state index contributed by atoms with van der Waals surface area (Å²) in [6.07, 6.45) is 4.34. The molecule has 1 aromatic rings. The zero-order valence-electron chi connectivity index (χ0n) is 11.1. The summed E-state index contributed by atoms with van der Waals surface area (Å²) in [6, 6.07) is 7.59. The monoisotopic (exact) mass is 280 g/mol. The van der Waals surface area contributed by atoms with Crippen LogP contribution in [0.2, 0.25) is 5.02 Å². The van der Waals surface area contributed by atoms with Gasteiger partial charge in [-0.05, 0) is 36.9 Å². The molecular weight excluding hydrogens is 260 g/mol. The average molecular weight is 281 g/mol. The maximum absolute atomic E-state index is 12.2. The van der Waals surface area contributed by atoms with Crippen molar-refractivity contribution in [3.63, 3.8) is 0 Å². The highest BCUT2D eigenvalue weighted by molar-refractivity contribution is 6.31. The number of nitrogens with two attached hydrogens (primary N) is 1. The highest BCUT2D eigenvalue weighted by Gasteiger charge is 2.29. The Bertz CT molecular complexity index is 436. The molecular formula is C15H21ClN2O. The first-order valence-corrected chi connectivity index (χ1v) is 7.31. The van der Waals surface area contributed by atoms with Crippen molar-refractivity contribution in [2.24, 2.45) is 17.6 Å². The molecule has 2 unspecified atom stereocenters. The topological polar surface area (TPSA) is 55.1 Å². The molecule has 1 aliphatic carbocycles. The van der Waals surface area contributed by atoms with Crippen molar-refractivity contribution in [1.82, 2.24) is 5.32 Å². The van der Waals surface area contributed by atoms with E-state index in [0.717, 1.165) is 24.8 Å². The molecule has 0 aromatic heterocycles. The lowest BCUT2D eigenvalue weighted by atomic mass is 9.79. The van der Waals surface area contributed by atoms with Gasteiger partial charge in [0.25, 0.3) is 0 Å². The molecule has 1 fully saturated rings. The van der Waals surface area contributed by atoms with Gasteiger partial charge in [0, 0.05) is 17.5 Å². The quantitative estimate of drug-likeness (QED) is 0.891. The van der Waals surface area contributed by atoms with Gasteiger partial charge in [0.15, 0.2) is 0 Å². The molecule has 104 valence electrons. The molecule has 0 heterocycles. The van der Waals surface area contributed by atoms with Crippen molar-refractivity contribution in [3.05, 3.63) is 34.9 Å². The third kappa shape index (κ3) is 3.71. The van der Waals surface area contributed by atoms with Crippen LogP contribution in [0.1, 0.15) is 31.2 Å². The number of hydrogen-bond donors (Lipinski definition) is 2. The van der Waals surface area contributed by atoms with Crippen LogP contribution in [0.4, 0.5) is 0 Å². The first-order valence-electron chi connectivity index (χ1n) is 6.93. The van der Waals surface area contributed by atoms with Gasteiger partial charge in [-0.15, -0.1) is 0 Å². The van der Waals surface area contributed by atoms with Gasteiger partial charge in [-0.1, -0.05) is 42.6 Å². The summed E-state index contributed by atoms with van der Waals surface area (Å²) in [4.78, 5) is 12.2. The molecule has 1 aromatic carbocycles. The first-order chi connectivity index (χ1) is 9.22. The molecule has 4 heteroatoms. The fourth-order valence-electron chi connectivity index (χ4n) is 2.79. The molecule has 3 N–H and O–H groups in total. The van der Waals surface area contributed by atoms with Crippen molar-refractivity contribution in [2.75, 3.05) is 6.54 Å². The zero-order chi connectivity index (χ0) is 13.7. The zero-order valence-corrected chi connectivity index (χ0v) is 11.8. The van der Waals surface area contributed by atoms with Crippen molar-refractivity contribution in [2.45, 2.75) is 32.2 Å². The van der Waals surface area contributed by atoms with Crippen molar-refractivity contribution in [3.8, 4) is 0 Å². The summed E-state index contributed by atoms with van der Waals surface area (Å²) in [5.74, 6) is 0.524. The molecule has 3 nitrogen and oxygen atoms in total. The van der Waals surface area contributed by atoms with Crippen LogP contribution < -0.4 is 11.1 Å². The molecule has 19 heavy (non-hydrogen) atoms. The predicted octanol–water partition coefficient (Wildman–Crippen LogP) is 2.72. The lowest BCUT2D eigenvalue weighted by Gasteiger charge is -2.29. The average Bonchev–Trinajstić information content (AvgIpc) is 2.46. The fourth-order valence-corrected chi connectivity index (χ4v) is 2.99. The van der Waals surface area contributed by atoms with Gasteiger partial charge in [0.2, 0.25) is 5.91 Å². The number of amides is 1. The Morgan fingerprint density at radius 1 is 1.32 bits per heavy atom. The van der Waals surface area contributed by atoms with Crippen molar-refractivity contribution >= 4 is 17.5 Å². The lowest BCUT2D eigenvalue weighted by molar-refractivity contribution is -0.127. The Balaban J connectivity index is 1.92. The number of carbonyl (C=O) groups excluding carboxylic acids is 1. The van der Waals surface area contributed by atoms with Gasteiger partial charge >= 0.3 is 0 Å². The van der Waals surface area contributed by atoms with E-state index in [9.17, 15) is 4.79 Å². The van der Waals surface area contributed by atoms with Gasteiger partial charge < -0.3 is 11.1 Å². The van der Waals surface area contributed by atoms with Crippen LogP contribution in [0.15, 0.2) is 24.3 Å². The Kier molecular flexibility index (Phi) is 5.23. The molecule has 0 radical (unpaired) electrons. The van der Waals surface area contributed by atoms with Crippen LogP contribution in [0.25, 0.3) is 0 Å². The Morgan fingerprint density at radius 3 is 2.79 bits per heavy atom. The number of carbonyl (C=O) groups is 1. The maximum atomic E-state index is 12.2. The summed E-state index contributed by atoms with van der Waals surface area (Å²) >= 11 is 6.08.